The minimum Gasteiger partial charge on any atom is -0.477 e. The van der Waals surface area contributed by atoms with Gasteiger partial charge in [-0.1, -0.05) is 12.1 Å². The Morgan fingerprint density at radius 2 is 1.81 bits per heavy atom. The van der Waals surface area contributed by atoms with Crippen molar-refractivity contribution in [3.05, 3.63) is 46.7 Å². The number of benzene rings is 1. The number of carboxylic acid groups (broad SMARTS) is 1. The fraction of sp³-hybridized carbons (Fsp3) is 0.389. The lowest BCUT2D eigenvalue weighted by atomic mass is 9.83. The van der Waals surface area contributed by atoms with Crippen LogP contribution in [0.15, 0.2) is 35.5 Å². The summed E-state index contributed by atoms with van der Waals surface area (Å²) >= 11 is 0. The zero-order chi connectivity index (χ0) is 23.3. The Morgan fingerprint density at radius 3 is 2.35 bits per heavy atom. The number of rotatable bonds is 4. The number of halogens is 6. The van der Waals surface area contributed by atoms with Gasteiger partial charge in [0.25, 0.3) is 5.91 Å². The van der Waals surface area contributed by atoms with Crippen molar-refractivity contribution in [2.75, 3.05) is 0 Å². The van der Waals surface area contributed by atoms with E-state index in [4.69, 9.17) is 10.8 Å². The highest BCUT2D eigenvalue weighted by Gasteiger charge is 2.56. The fourth-order valence-corrected chi connectivity index (χ4v) is 3.64. The molecule has 1 aromatic rings. The summed E-state index contributed by atoms with van der Waals surface area (Å²) in [5.41, 5.74) is 1.92. The Hall–Kier alpha value is -3.09. The molecule has 0 aliphatic carbocycles. The zero-order valence-corrected chi connectivity index (χ0v) is 15.4. The van der Waals surface area contributed by atoms with Gasteiger partial charge >= 0.3 is 18.3 Å². The van der Waals surface area contributed by atoms with Crippen LogP contribution in [0, 0.1) is 0 Å². The van der Waals surface area contributed by atoms with Gasteiger partial charge in [-0.2, -0.15) is 26.3 Å². The number of carboxylic acids is 1. The van der Waals surface area contributed by atoms with Gasteiger partial charge in [0.1, 0.15) is 17.8 Å². The van der Waals surface area contributed by atoms with Crippen molar-refractivity contribution in [3.63, 3.8) is 0 Å². The van der Waals surface area contributed by atoms with Gasteiger partial charge in [0.2, 0.25) is 5.91 Å². The lowest BCUT2D eigenvalue weighted by Crippen LogP contribution is -2.72. The van der Waals surface area contributed by atoms with Crippen molar-refractivity contribution in [3.8, 4) is 0 Å². The third-order valence-electron chi connectivity index (χ3n) is 5.13. The van der Waals surface area contributed by atoms with Gasteiger partial charge in [0, 0.05) is 0 Å². The first-order valence-corrected chi connectivity index (χ1v) is 8.83. The average Bonchev–Trinajstić information content (AvgIpc) is 2.68. The molecule has 4 N–H and O–H groups in total. The van der Waals surface area contributed by atoms with Crippen molar-refractivity contribution < 1.29 is 45.8 Å². The van der Waals surface area contributed by atoms with E-state index in [2.05, 4.69) is 5.32 Å². The van der Waals surface area contributed by atoms with Crippen LogP contribution in [-0.2, 0) is 20.6 Å². The van der Waals surface area contributed by atoms with E-state index in [9.17, 15) is 40.7 Å². The molecule has 1 aromatic carbocycles. The number of allylic oxidation sites excluding steroid dienone is 1. The number of nitrogens with zero attached hydrogens (tertiary/aromatic N) is 1. The van der Waals surface area contributed by atoms with E-state index in [-0.39, 0.29) is 12.0 Å². The molecule has 7 nitrogen and oxygen atoms in total. The SMILES string of the molecule is N[C@@H](C(=O)N[C@@H]1C(=O)N2C(C(=O)O)=C(C(F)(F)F)CC[C@H]12)c1cccc(C(F)(F)F)c1. The largest absolute Gasteiger partial charge is 0.477 e. The van der Waals surface area contributed by atoms with Crippen LogP contribution in [0.2, 0.25) is 0 Å². The molecule has 0 radical (unpaired) electrons. The van der Waals surface area contributed by atoms with Gasteiger partial charge < -0.3 is 16.2 Å². The highest BCUT2D eigenvalue weighted by molar-refractivity contribution is 6.02. The van der Waals surface area contributed by atoms with Crippen molar-refractivity contribution >= 4 is 17.8 Å². The zero-order valence-electron chi connectivity index (χ0n) is 15.4. The Kier molecular flexibility index (Phi) is 5.50. The van der Waals surface area contributed by atoms with Crippen LogP contribution in [0.4, 0.5) is 26.3 Å². The number of hydrogen-bond acceptors (Lipinski definition) is 4. The Balaban J connectivity index is 1.77. The molecular formula is C18H15F6N3O4. The van der Waals surface area contributed by atoms with E-state index in [1.165, 1.54) is 6.07 Å². The van der Waals surface area contributed by atoms with E-state index >= 15 is 0 Å². The molecule has 1 fully saturated rings. The van der Waals surface area contributed by atoms with E-state index < -0.39 is 71.5 Å². The third kappa shape index (κ3) is 4.09. The first-order valence-electron chi connectivity index (χ1n) is 8.83. The molecule has 31 heavy (non-hydrogen) atoms. The molecule has 168 valence electrons. The maximum absolute atomic E-state index is 13.1. The molecule has 2 aliphatic rings. The summed E-state index contributed by atoms with van der Waals surface area (Å²) in [5.74, 6) is -4.04. The predicted octanol–water partition coefficient (Wildman–Crippen LogP) is 2.10. The van der Waals surface area contributed by atoms with Crippen LogP contribution in [-0.4, -0.2) is 46.1 Å². The second kappa shape index (κ2) is 7.55. The van der Waals surface area contributed by atoms with Crippen LogP contribution in [0.3, 0.4) is 0 Å². The summed E-state index contributed by atoms with van der Waals surface area (Å²) in [6.07, 6.45) is -10.6. The molecule has 13 heteroatoms. The van der Waals surface area contributed by atoms with Crippen LogP contribution in [0.25, 0.3) is 0 Å². The molecule has 2 heterocycles. The summed E-state index contributed by atoms with van der Waals surface area (Å²) < 4.78 is 77.8. The lowest BCUT2D eigenvalue weighted by molar-refractivity contribution is -0.159. The quantitative estimate of drug-likeness (QED) is 0.480. The second-order valence-electron chi connectivity index (χ2n) is 7.03. The van der Waals surface area contributed by atoms with E-state index in [1.54, 1.807) is 0 Å². The van der Waals surface area contributed by atoms with Gasteiger partial charge in [-0.05, 0) is 30.5 Å². The molecule has 2 aliphatic heterocycles. The van der Waals surface area contributed by atoms with Crippen LogP contribution in [0.5, 0.6) is 0 Å². The molecule has 3 rings (SSSR count). The summed E-state index contributed by atoms with van der Waals surface area (Å²) in [7, 11) is 0. The maximum Gasteiger partial charge on any atom is 0.416 e. The topological polar surface area (TPSA) is 113 Å². The molecule has 0 spiro atoms. The number of fused-ring (bicyclic) bond motifs is 1. The van der Waals surface area contributed by atoms with Crippen molar-refractivity contribution in [2.45, 2.75) is 43.3 Å². The average molecular weight is 451 g/mol. The Bertz CT molecular complexity index is 972. The van der Waals surface area contributed by atoms with Crippen LogP contribution >= 0.6 is 0 Å². The molecule has 1 saturated heterocycles. The van der Waals surface area contributed by atoms with E-state index in [1.807, 2.05) is 0 Å². The lowest BCUT2D eigenvalue weighted by Gasteiger charge is -2.50. The molecule has 0 unspecified atom stereocenters. The van der Waals surface area contributed by atoms with Crippen LogP contribution in [0.1, 0.15) is 30.0 Å². The third-order valence-corrected chi connectivity index (χ3v) is 5.13. The van der Waals surface area contributed by atoms with Crippen molar-refractivity contribution in [2.24, 2.45) is 5.73 Å². The van der Waals surface area contributed by atoms with Crippen molar-refractivity contribution in [1.82, 2.24) is 10.2 Å². The summed E-state index contributed by atoms with van der Waals surface area (Å²) in [4.78, 5) is 36.5. The summed E-state index contributed by atoms with van der Waals surface area (Å²) in [6.45, 7) is 0. The first-order chi connectivity index (χ1) is 14.2. The predicted molar refractivity (Wildman–Crippen MR) is 90.9 cm³/mol. The van der Waals surface area contributed by atoms with Crippen molar-refractivity contribution in [1.29, 1.82) is 0 Å². The highest BCUT2D eigenvalue weighted by atomic mass is 19.4. The Morgan fingerprint density at radius 1 is 1.16 bits per heavy atom. The Labute approximate surface area is 170 Å². The number of amides is 2. The van der Waals surface area contributed by atoms with E-state index in [0.29, 0.717) is 11.0 Å². The normalized spacial score (nSPS) is 22.5. The number of carbonyl (C=O) groups is 3. The van der Waals surface area contributed by atoms with Gasteiger partial charge in [-0.25, -0.2) is 4.79 Å². The molecule has 0 saturated carbocycles. The van der Waals surface area contributed by atoms with Gasteiger partial charge in [-0.15, -0.1) is 0 Å². The number of aliphatic carboxylic acids is 1. The van der Waals surface area contributed by atoms with E-state index in [0.717, 1.165) is 12.1 Å². The number of carbonyl (C=O) groups excluding carboxylic acids is 2. The van der Waals surface area contributed by atoms with Gasteiger partial charge in [0.15, 0.2) is 0 Å². The molecule has 0 aromatic heterocycles. The number of nitrogens with two attached hydrogens (primary N) is 1. The number of hydrogen-bond donors (Lipinski definition) is 3. The maximum atomic E-state index is 13.1. The van der Waals surface area contributed by atoms with Gasteiger partial charge in [-0.3, -0.25) is 14.5 Å². The number of β-lactam (4-membered cyclic amide) rings is 1. The fourth-order valence-electron chi connectivity index (χ4n) is 3.64. The molecule has 3 atom stereocenters. The number of alkyl halides is 6. The smallest absolute Gasteiger partial charge is 0.416 e. The molecular weight excluding hydrogens is 436 g/mol. The molecule has 0 bridgehead atoms. The monoisotopic (exact) mass is 451 g/mol. The highest BCUT2D eigenvalue weighted by Crippen LogP contribution is 2.43. The summed E-state index contributed by atoms with van der Waals surface area (Å²) in [5, 5.41) is 11.4. The first kappa shape index (κ1) is 22.6. The van der Waals surface area contributed by atoms with Gasteiger partial charge in [0.05, 0.1) is 17.2 Å². The minimum atomic E-state index is -4.95. The number of nitrogens with one attached hydrogen (secondary N) is 1. The van der Waals surface area contributed by atoms with Crippen LogP contribution < -0.4 is 11.1 Å². The second-order valence-corrected chi connectivity index (χ2v) is 7.03. The molecule has 2 amide bonds. The summed E-state index contributed by atoms with van der Waals surface area (Å²) in [6, 6.07) is -0.299. The standard InChI is InChI=1S/C18H15F6N3O4/c19-17(20,21)8-3-1-2-7(6-8)11(25)14(28)26-12-10-5-4-9(18(22,23)24)13(16(30)31)27(10)15(12)29/h1-3,6,10-12H,4-5,25H2,(H,26,28)(H,30,31)/t10-,11-,12+/m1/s1. The minimum absolute atomic E-state index is 0.190.